The third kappa shape index (κ3) is 3.53. The first-order chi connectivity index (χ1) is 10.6. The minimum Gasteiger partial charge on any atom is -0.298 e. The lowest BCUT2D eigenvalue weighted by Crippen LogP contribution is -2.07. The first kappa shape index (κ1) is 14.8. The van der Waals surface area contributed by atoms with E-state index in [1.807, 2.05) is 31.2 Å². The minimum atomic E-state index is -0.212. The minimum absolute atomic E-state index is 0.212. The van der Waals surface area contributed by atoms with Crippen molar-refractivity contribution in [3.63, 3.8) is 0 Å². The SMILES string of the molecule is Cc1ccc2nc(NC(=O)C=Cc3cccc(Cl)c3)sc2c1. The Morgan fingerprint density at radius 2 is 2.14 bits per heavy atom. The molecule has 3 aromatic rings. The van der Waals surface area contributed by atoms with Crippen LogP contribution in [0.25, 0.3) is 16.3 Å². The van der Waals surface area contributed by atoms with E-state index in [9.17, 15) is 4.79 Å². The van der Waals surface area contributed by atoms with Gasteiger partial charge in [0, 0.05) is 11.1 Å². The largest absolute Gasteiger partial charge is 0.298 e. The molecule has 0 saturated heterocycles. The Labute approximate surface area is 137 Å². The van der Waals surface area contributed by atoms with E-state index >= 15 is 0 Å². The van der Waals surface area contributed by atoms with Gasteiger partial charge in [0.25, 0.3) is 0 Å². The van der Waals surface area contributed by atoms with E-state index in [1.165, 1.54) is 23.0 Å². The molecule has 5 heteroatoms. The van der Waals surface area contributed by atoms with Crippen molar-refractivity contribution in [2.24, 2.45) is 0 Å². The third-order valence-electron chi connectivity index (χ3n) is 3.05. The van der Waals surface area contributed by atoms with Crippen LogP contribution in [0.5, 0.6) is 0 Å². The van der Waals surface area contributed by atoms with E-state index in [0.29, 0.717) is 10.2 Å². The summed E-state index contributed by atoms with van der Waals surface area (Å²) in [5, 5.41) is 4.03. The molecule has 0 atom stereocenters. The van der Waals surface area contributed by atoms with Crippen LogP contribution < -0.4 is 5.32 Å². The molecular formula is C17H13ClN2OS. The van der Waals surface area contributed by atoms with Crippen molar-refractivity contribution in [1.82, 2.24) is 4.98 Å². The first-order valence-electron chi connectivity index (χ1n) is 6.72. The summed E-state index contributed by atoms with van der Waals surface area (Å²) < 4.78 is 1.06. The Morgan fingerprint density at radius 1 is 1.27 bits per heavy atom. The van der Waals surface area contributed by atoms with Gasteiger partial charge < -0.3 is 0 Å². The standard InChI is InChI=1S/C17H13ClN2OS/c1-11-5-7-14-15(9-11)22-17(19-14)20-16(21)8-6-12-3-2-4-13(18)10-12/h2-10H,1H3,(H,19,20,21). The van der Waals surface area contributed by atoms with Gasteiger partial charge in [-0.05, 0) is 48.4 Å². The zero-order chi connectivity index (χ0) is 15.5. The second kappa shape index (κ2) is 6.30. The summed E-state index contributed by atoms with van der Waals surface area (Å²) in [5.74, 6) is -0.212. The maximum absolute atomic E-state index is 12.0. The van der Waals surface area contributed by atoms with E-state index in [2.05, 4.69) is 16.4 Å². The van der Waals surface area contributed by atoms with Crippen molar-refractivity contribution < 1.29 is 4.79 Å². The fraction of sp³-hybridized carbons (Fsp3) is 0.0588. The second-order valence-electron chi connectivity index (χ2n) is 4.87. The van der Waals surface area contributed by atoms with Crippen molar-refractivity contribution >= 4 is 50.3 Å². The number of fused-ring (bicyclic) bond motifs is 1. The summed E-state index contributed by atoms with van der Waals surface area (Å²) in [6.07, 6.45) is 3.20. The number of carbonyl (C=O) groups is 1. The molecule has 2 aromatic carbocycles. The molecule has 0 radical (unpaired) electrons. The summed E-state index contributed by atoms with van der Waals surface area (Å²) >= 11 is 7.37. The van der Waals surface area contributed by atoms with Crippen LogP contribution in [0.2, 0.25) is 5.02 Å². The molecule has 0 unspecified atom stereocenters. The highest BCUT2D eigenvalue weighted by atomic mass is 35.5. The number of anilines is 1. The van der Waals surface area contributed by atoms with Crippen LogP contribution >= 0.6 is 22.9 Å². The predicted octanol–water partition coefficient (Wildman–Crippen LogP) is 4.91. The average Bonchev–Trinajstić information content (AvgIpc) is 2.86. The average molecular weight is 329 g/mol. The molecule has 1 aromatic heterocycles. The van der Waals surface area contributed by atoms with E-state index < -0.39 is 0 Å². The zero-order valence-electron chi connectivity index (χ0n) is 11.8. The number of nitrogens with one attached hydrogen (secondary N) is 1. The van der Waals surface area contributed by atoms with Crippen LogP contribution in [-0.2, 0) is 4.79 Å². The fourth-order valence-electron chi connectivity index (χ4n) is 2.01. The Bertz CT molecular complexity index is 870. The predicted molar refractivity (Wildman–Crippen MR) is 93.5 cm³/mol. The Balaban J connectivity index is 1.72. The highest BCUT2D eigenvalue weighted by Gasteiger charge is 2.05. The molecule has 0 spiro atoms. The maximum atomic E-state index is 12.0. The topological polar surface area (TPSA) is 42.0 Å². The summed E-state index contributed by atoms with van der Waals surface area (Å²) in [4.78, 5) is 16.3. The van der Waals surface area contributed by atoms with Gasteiger partial charge in [-0.2, -0.15) is 0 Å². The molecule has 3 rings (SSSR count). The molecule has 22 heavy (non-hydrogen) atoms. The Kier molecular flexibility index (Phi) is 4.22. The molecule has 1 heterocycles. The van der Waals surface area contributed by atoms with Crippen molar-refractivity contribution in [3.05, 3.63) is 64.7 Å². The third-order valence-corrected chi connectivity index (χ3v) is 4.22. The van der Waals surface area contributed by atoms with Gasteiger partial charge in [0.2, 0.25) is 5.91 Å². The van der Waals surface area contributed by atoms with Crippen LogP contribution in [0, 0.1) is 6.92 Å². The molecule has 0 saturated carbocycles. The lowest BCUT2D eigenvalue weighted by Gasteiger charge is -1.96. The highest BCUT2D eigenvalue weighted by molar-refractivity contribution is 7.22. The number of nitrogens with zero attached hydrogens (tertiary/aromatic N) is 1. The summed E-state index contributed by atoms with van der Waals surface area (Å²) in [6, 6.07) is 13.3. The Hall–Kier alpha value is -2.17. The van der Waals surface area contributed by atoms with Gasteiger partial charge >= 0.3 is 0 Å². The molecule has 0 fully saturated rings. The van der Waals surface area contributed by atoms with Crippen LogP contribution in [0.4, 0.5) is 5.13 Å². The number of aromatic nitrogens is 1. The number of rotatable bonds is 3. The van der Waals surface area contributed by atoms with E-state index in [-0.39, 0.29) is 5.91 Å². The molecule has 0 bridgehead atoms. The summed E-state index contributed by atoms with van der Waals surface area (Å²) in [7, 11) is 0. The molecular weight excluding hydrogens is 316 g/mol. The number of carbonyl (C=O) groups excluding carboxylic acids is 1. The number of halogens is 1. The zero-order valence-corrected chi connectivity index (χ0v) is 13.4. The molecule has 1 amide bonds. The molecule has 0 aliphatic rings. The van der Waals surface area contributed by atoms with Crippen molar-refractivity contribution in [3.8, 4) is 0 Å². The second-order valence-corrected chi connectivity index (χ2v) is 6.33. The van der Waals surface area contributed by atoms with Gasteiger partial charge in [-0.1, -0.05) is 41.1 Å². The van der Waals surface area contributed by atoms with Crippen LogP contribution in [0.1, 0.15) is 11.1 Å². The first-order valence-corrected chi connectivity index (χ1v) is 7.91. The number of amides is 1. The molecule has 3 nitrogen and oxygen atoms in total. The number of aryl methyl sites for hydroxylation is 1. The quantitative estimate of drug-likeness (QED) is 0.694. The van der Waals surface area contributed by atoms with Gasteiger partial charge in [0.05, 0.1) is 10.2 Å². The van der Waals surface area contributed by atoms with Crippen LogP contribution in [-0.4, -0.2) is 10.9 Å². The maximum Gasteiger partial charge on any atom is 0.250 e. The van der Waals surface area contributed by atoms with Crippen LogP contribution in [0.3, 0.4) is 0 Å². The van der Waals surface area contributed by atoms with Crippen molar-refractivity contribution in [1.29, 1.82) is 0 Å². The number of benzene rings is 2. The number of hydrogen-bond donors (Lipinski definition) is 1. The smallest absolute Gasteiger partial charge is 0.250 e. The van der Waals surface area contributed by atoms with Gasteiger partial charge in [0.1, 0.15) is 0 Å². The molecule has 0 aliphatic heterocycles. The van der Waals surface area contributed by atoms with E-state index in [0.717, 1.165) is 15.8 Å². The Morgan fingerprint density at radius 3 is 2.95 bits per heavy atom. The van der Waals surface area contributed by atoms with Gasteiger partial charge in [0.15, 0.2) is 5.13 Å². The fourth-order valence-corrected chi connectivity index (χ4v) is 3.18. The van der Waals surface area contributed by atoms with Crippen molar-refractivity contribution in [2.45, 2.75) is 6.92 Å². The number of hydrogen-bond acceptors (Lipinski definition) is 3. The lowest BCUT2D eigenvalue weighted by atomic mass is 10.2. The summed E-state index contributed by atoms with van der Waals surface area (Å²) in [5.41, 5.74) is 2.95. The normalized spacial score (nSPS) is 11.2. The lowest BCUT2D eigenvalue weighted by molar-refractivity contribution is -0.111. The number of thiazole rings is 1. The van der Waals surface area contributed by atoms with Gasteiger partial charge in [-0.25, -0.2) is 4.98 Å². The monoisotopic (exact) mass is 328 g/mol. The molecule has 0 aliphatic carbocycles. The van der Waals surface area contributed by atoms with Gasteiger partial charge in [-0.3, -0.25) is 10.1 Å². The molecule has 1 N–H and O–H groups in total. The van der Waals surface area contributed by atoms with Gasteiger partial charge in [-0.15, -0.1) is 0 Å². The summed E-state index contributed by atoms with van der Waals surface area (Å²) in [6.45, 7) is 2.03. The highest BCUT2D eigenvalue weighted by Crippen LogP contribution is 2.26. The van der Waals surface area contributed by atoms with Crippen molar-refractivity contribution in [2.75, 3.05) is 5.32 Å². The molecule has 110 valence electrons. The van der Waals surface area contributed by atoms with Crippen LogP contribution in [0.15, 0.2) is 48.5 Å². The van der Waals surface area contributed by atoms with E-state index in [1.54, 1.807) is 18.2 Å². The van der Waals surface area contributed by atoms with E-state index in [4.69, 9.17) is 11.6 Å².